The van der Waals surface area contributed by atoms with Crippen LogP contribution in [0.3, 0.4) is 0 Å². The predicted octanol–water partition coefficient (Wildman–Crippen LogP) is 4.83. The summed E-state index contributed by atoms with van der Waals surface area (Å²) in [6, 6.07) is 15.9. The fourth-order valence-electron chi connectivity index (χ4n) is 1.73. The summed E-state index contributed by atoms with van der Waals surface area (Å²) in [6.45, 7) is 2.60. The second-order valence-electron chi connectivity index (χ2n) is 4.75. The molecule has 0 aliphatic heterocycles. The van der Waals surface area contributed by atoms with Crippen molar-refractivity contribution in [3.05, 3.63) is 59.1 Å². The second kappa shape index (κ2) is 8.32. The number of hydrogen-bond acceptors (Lipinski definition) is 3. The van der Waals surface area contributed by atoms with Crippen LogP contribution in [0.15, 0.2) is 53.4 Å². The molecular formula is C17H19ClO2S. The molecule has 0 amide bonds. The number of thioether (sulfide) groups is 1. The van der Waals surface area contributed by atoms with E-state index in [0.29, 0.717) is 6.61 Å². The summed E-state index contributed by atoms with van der Waals surface area (Å²) in [7, 11) is 1.71. The lowest BCUT2D eigenvalue weighted by Crippen LogP contribution is -2.22. The first-order chi connectivity index (χ1) is 10.2. The Kier molecular flexibility index (Phi) is 6.43. The van der Waals surface area contributed by atoms with E-state index in [1.165, 1.54) is 10.5 Å². The van der Waals surface area contributed by atoms with Crippen LogP contribution in [0.4, 0.5) is 0 Å². The van der Waals surface area contributed by atoms with Gasteiger partial charge in [-0.25, -0.2) is 0 Å². The molecule has 0 spiro atoms. The second-order valence-corrected chi connectivity index (χ2v) is 6.28. The molecule has 0 aromatic heterocycles. The van der Waals surface area contributed by atoms with E-state index in [0.717, 1.165) is 16.5 Å². The number of halogens is 1. The van der Waals surface area contributed by atoms with E-state index in [9.17, 15) is 0 Å². The highest BCUT2D eigenvalue weighted by atomic mass is 35.5. The Morgan fingerprint density at radius 1 is 1.05 bits per heavy atom. The Morgan fingerprint density at radius 3 is 2.33 bits per heavy atom. The van der Waals surface area contributed by atoms with Crippen LogP contribution in [-0.4, -0.2) is 25.6 Å². The molecule has 2 aromatic carbocycles. The van der Waals surface area contributed by atoms with E-state index >= 15 is 0 Å². The predicted molar refractivity (Wildman–Crippen MR) is 89.6 cm³/mol. The molecule has 2 rings (SSSR count). The van der Waals surface area contributed by atoms with Crippen molar-refractivity contribution >= 4 is 23.4 Å². The Labute approximate surface area is 135 Å². The molecule has 4 heteroatoms. The number of ether oxygens (including phenoxy) is 2. The fraction of sp³-hybridized carbons (Fsp3) is 0.294. The van der Waals surface area contributed by atoms with Gasteiger partial charge in [0, 0.05) is 22.8 Å². The number of aryl methyl sites for hydroxylation is 1. The first kappa shape index (κ1) is 16.2. The van der Waals surface area contributed by atoms with Crippen molar-refractivity contribution in [1.29, 1.82) is 0 Å². The van der Waals surface area contributed by atoms with Crippen LogP contribution in [0.5, 0.6) is 5.75 Å². The summed E-state index contributed by atoms with van der Waals surface area (Å²) in [4.78, 5) is 1.18. The summed E-state index contributed by atoms with van der Waals surface area (Å²) in [5, 5.41) is 0.755. The molecule has 0 bridgehead atoms. The van der Waals surface area contributed by atoms with E-state index < -0.39 is 0 Å². The molecular weight excluding hydrogens is 304 g/mol. The van der Waals surface area contributed by atoms with Gasteiger partial charge in [-0.15, -0.1) is 11.8 Å². The number of hydrogen-bond donors (Lipinski definition) is 0. The van der Waals surface area contributed by atoms with Crippen LogP contribution < -0.4 is 4.74 Å². The molecule has 1 atom stereocenters. The summed E-state index contributed by atoms with van der Waals surface area (Å²) < 4.78 is 11.2. The molecule has 2 aromatic rings. The van der Waals surface area contributed by atoms with E-state index in [4.69, 9.17) is 21.1 Å². The Balaban J connectivity index is 1.80. The van der Waals surface area contributed by atoms with Gasteiger partial charge in [-0.05, 0) is 43.3 Å². The monoisotopic (exact) mass is 322 g/mol. The maximum Gasteiger partial charge on any atom is 0.119 e. The van der Waals surface area contributed by atoms with Gasteiger partial charge in [0.15, 0.2) is 0 Å². The fourth-order valence-corrected chi connectivity index (χ4v) is 2.79. The summed E-state index contributed by atoms with van der Waals surface area (Å²) in [5.41, 5.74) is 1.23. The van der Waals surface area contributed by atoms with Gasteiger partial charge in [-0.1, -0.05) is 29.3 Å². The zero-order chi connectivity index (χ0) is 15.1. The largest absolute Gasteiger partial charge is 0.491 e. The highest BCUT2D eigenvalue weighted by Crippen LogP contribution is 2.22. The highest BCUT2D eigenvalue weighted by Gasteiger charge is 2.09. The minimum absolute atomic E-state index is 0.0481. The molecule has 0 aliphatic rings. The lowest BCUT2D eigenvalue weighted by molar-refractivity contribution is 0.0750. The molecule has 0 fully saturated rings. The number of methoxy groups -OCH3 is 1. The van der Waals surface area contributed by atoms with Gasteiger partial charge in [0.05, 0.1) is 0 Å². The van der Waals surface area contributed by atoms with Gasteiger partial charge in [0.1, 0.15) is 18.5 Å². The van der Waals surface area contributed by atoms with Crippen LogP contribution in [-0.2, 0) is 4.74 Å². The van der Waals surface area contributed by atoms with Crippen LogP contribution >= 0.6 is 23.4 Å². The first-order valence-corrected chi connectivity index (χ1v) is 8.14. The maximum absolute atomic E-state index is 5.88. The third kappa shape index (κ3) is 5.62. The van der Waals surface area contributed by atoms with Crippen molar-refractivity contribution in [3.8, 4) is 5.75 Å². The summed E-state index contributed by atoms with van der Waals surface area (Å²) in [5.74, 6) is 1.71. The minimum Gasteiger partial charge on any atom is -0.491 e. The smallest absolute Gasteiger partial charge is 0.119 e. The quantitative estimate of drug-likeness (QED) is 0.680. The summed E-state index contributed by atoms with van der Waals surface area (Å²) in [6.07, 6.45) is 0.0481. The zero-order valence-corrected chi connectivity index (χ0v) is 13.8. The van der Waals surface area contributed by atoms with Crippen LogP contribution in [0.2, 0.25) is 5.02 Å². The van der Waals surface area contributed by atoms with Gasteiger partial charge < -0.3 is 9.47 Å². The maximum atomic E-state index is 5.88. The molecule has 2 nitrogen and oxygen atoms in total. The van der Waals surface area contributed by atoms with Crippen LogP contribution in [0, 0.1) is 6.92 Å². The molecule has 1 unspecified atom stereocenters. The highest BCUT2D eigenvalue weighted by molar-refractivity contribution is 7.99. The molecule has 112 valence electrons. The Bertz CT molecular complexity index is 490. The lowest BCUT2D eigenvalue weighted by Gasteiger charge is -2.16. The van der Waals surface area contributed by atoms with Gasteiger partial charge in [-0.3, -0.25) is 0 Å². The van der Waals surface area contributed by atoms with Gasteiger partial charge >= 0.3 is 0 Å². The summed E-state index contributed by atoms with van der Waals surface area (Å²) >= 11 is 7.61. The average Bonchev–Trinajstić information content (AvgIpc) is 2.51. The van der Waals surface area contributed by atoms with Crippen molar-refractivity contribution in [2.75, 3.05) is 19.5 Å². The van der Waals surface area contributed by atoms with Gasteiger partial charge in [-0.2, -0.15) is 0 Å². The molecule has 0 saturated carbocycles. The first-order valence-electron chi connectivity index (χ1n) is 6.78. The van der Waals surface area contributed by atoms with Crippen LogP contribution in [0.25, 0.3) is 0 Å². The standard InChI is InChI=1S/C17H19ClO2S/c1-13-3-7-15(8-4-13)20-11-16(19-2)12-21-17-9-5-14(18)6-10-17/h3-10,16H,11-12H2,1-2H3. The zero-order valence-electron chi connectivity index (χ0n) is 12.2. The molecule has 0 saturated heterocycles. The normalized spacial score (nSPS) is 12.1. The van der Waals surface area contributed by atoms with E-state index in [1.54, 1.807) is 18.9 Å². The van der Waals surface area contributed by atoms with E-state index in [1.807, 2.05) is 48.5 Å². The number of rotatable bonds is 7. The SMILES string of the molecule is COC(COc1ccc(C)cc1)CSc1ccc(Cl)cc1. The number of benzene rings is 2. The van der Waals surface area contributed by atoms with Crippen molar-refractivity contribution in [1.82, 2.24) is 0 Å². The Hall–Kier alpha value is -1.16. The van der Waals surface area contributed by atoms with E-state index in [2.05, 4.69) is 6.92 Å². The van der Waals surface area contributed by atoms with Crippen molar-refractivity contribution in [2.45, 2.75) is 17.9 Å². The minimum atomic E-state index is 0.0481. The van der Waals surface area contributed by atoms with E-state index in [-0.39, 0.29) is 6.10 Å². The van der Waals surface area contributed by atoms with Gasteiger partial charge in [0.25, 0.3) is 0 Å². The van der Waals surface area contributed by atoms with Gasteiger partial charge in [0.2, 0.25) is 0 Å². The Morgan fingerprint density at radius 2 is 1.71 bits per heavy atom. The topological polar surface area (TPSA) is 18.5 Å². The lowest BCUT2D eigenvalue weighted by atomic mass is 10.2. The molecule has 0 heterocycles. The molecule has 0 N–H and O–H groups in total. The molecule has 0 radical (unpaired) electrons. The van der Waals surface area contributed by atoms with Crippen molar-refractivity contribution in [3.63, 3.8) is 0 Å². The average molecular weight is 323 g/mol. The molecule has 21 heavy (non-hydrogen) atoms. The molecule has 0 aliphatic carbocycles. The van der Waals surface area contributed by atoms with Crippen LogP contribution in [0.1, 0.15) is 5.56 Å². The third-order valence-electron chi connectivity index (χ3n) is 3.04. The van der Waals surface area contributed by atoms with Crippen molar-refractivity contribution < 1.29 is 9.47 Å². The third-order valence-corrected chi connectivity index (χ3v) is 4.44. The van der Waals surface area contributed by atoms with Crippen molar-refractivity contribution in [2.24, 2.45) is 0 Å².